The minimum Gasteiger partial charge on any atom is -0.497 e. The minimum absolute atomic E-state index is 0.275. The SMILES string of the molecule is COc1cc(C)c(S(=O)(=O)NCc2ccc(CN3CCCCC3)cc2)c(C)c1. The van der Waals surface area contributed by atoms with Crippen molar-refractivity contribution in [1.29, 1.82) is 0 Å². The molecule has 0 aromatic heterocycles. The van der Waals surface area contributed by atoms with Gasteiger partial charge in [0.05, 0.1) is 12.0 Å². The number of benzene rings is 2. The zero-order valence-corrected chi connectivity index (χ0v) is 17.8. The van der Waals surface area contributed by atoms with E-state index in [1.807, 2.05) is 12.1 Å². The molecule has 5 nitrogen and oxygen atoms in total. The van der Waals surface area contributed by atoms with Crippen molar-refractivity contribution in [2.75, 3.05) is 20.2 Å². The van der Waals surface area contributed by atoms with Crippen molar-refractivity contribution in [2.24, 2.45) is 0 Å². The second kappa shape index (κ2) is 9.07. The molecule has 6 heteroatoms. The lowest BCUT2D eigenvalue weighted by Gasteiger charge is -2.26. The highest BCUT2D eigenvalue weighted by atomic mass is 32.2. The van der Waals surface area contributed by atoms with Gasteiger partial charge in [-0.25, -0.2) is 13.1 Å². The standard InChI is InChI=1S/C22H30N2O3S/c1-17-13-21(27-3)14-18(2)22(17)28(25,26)23-15-19-7-9-20(10-8-19)16-24-11-5-4-6-12-24/h7-10,13-14,23H,4-6,11-12,15-16H2,1-3H3. The Morgan fingerprint density at radius 2 is 1.54 bits per heavy atom. The summed E-state index contributed by atoms with van der Waals surface area (Å²) in [4.78, 5) is 2.81. The van der Waals surface area contributed by atoms with E-state index in [1.165, 1.54) is 37.9 Å². The van der Waals surface area contributed by atoms with Crippen LogP contribution in [0.5, 0.6) is 5.75 Å². The van der Waals surface area contributed by atoms with E-state index in [9.17, 15) is 8.42 Å². The van der Waals surface area contributed by atoms with Crippen LogP contribution in [0.15, 0.2) is 41.3 Å². The molecular weight excluding hydrogens is 372 g/mol. The first kappa shape index (κ1) is 20.8. The second-order valence-corrected chi connectivity index (χ2v) is 9.27. The topological polar surface area (TPSA) is 58.6 Å². The normalized spacial score (nSPS) is 15.5. The quantitative estimate of drug-likeness (QED) is 0.766. The van der Waals surface area contributed by atoms with Crippen LogP contribution in [0.4, 0.5) is 0 Å². The van der Waals surface area contributed by atoms with Crippen LogP contribution in [-0.4, -0.2) is 33.5 Å². The van der Waals surface area contributed by atoms with Crippen molar-refractivity contribution >= 4 is 10.0 Å². The first-order valence-corrected chi connectivity index (χ1v) is 11.3. The van der Waals surface area contributed by atoms with Gasteiger partial charge >= 0.3 is 0 Å². The second-order valence-electron chi connectivity index (χ2n) is 7.57. The number of nitrogens with one attached hydrogen (secondary N) is 1. The van der Waals surface area contributed by atoms with Gasteiger partial charge < -0.3 is 4.74 Å². The molecule has 0 saturated carbocycles. The maximum Gasteiger partial charge on any atom is 0.241 e. The van der Waals surface area contributed by atoms with E-state index >= 15 is 0 Å². The zero-order valence-electron chi connectivity index (χ0n) is 17.0. The molecular formula is C22H30N2O3S. The Morgan fingerprint density at radius 3 is 2.11 bits per heavy atom. The summed E-state index contributed by atoms with van der Waals surface area (Å²) in [6.45, 7) is 7.16. The Morgan fingerprint density at radius 1 is 0.964 bits per heavy atom. The highest BCUT2D eigenvalue weighted by Gasteiger charge is 2.20. The molecule has 1 heterocycles. The summed E-state index contributed by atoms with van der Waals surface area (Å²) in [6.07, 6.45) is 3.90. The van der Waals surface area contributed by atoms with Gasteiger partial charge in [-0.3, -0.25) is 4.90 Å². The summed E-state index contributed by atoms with van der Waals surface area (Å²) in [5, 5.41) is 0. The van der Waals surface area contributed by atoms with Crippen molar-refractivity contribution in [3.05, 3.63) is 58.7 Å². The maximum atomic E-state index is 12.8. The molecule has 0 spiro atoms. The van der Waals surface area contributed by atoms with Crippen molar-refractivity contribution in [1.82, 2.24) is 9.62 Å². The number of aryl methyl sites for hydroxylation is 2. The monoisotopic (exact) mass is 402 g/mol. The molecule has 0 radical (unpaired) electrons. The van der Waals surface area contributed by atoms with Gasteiger partial charge in [0.25, 0.3) is 0 Å². The molecule has 1 N–H and O–H groups in total. The molecule has 2 aromatic carbocycles. The van der Waals surface area contributed by atoms with Gasteiger partial charge in [-0.2, -0.15) is 0 Å². The van der Waals surface area contributed by atoms with Crippen molar-refractivity contribution < 1.29 is 13.2 Å². The summed E-state index contributed by atoms with van der Waals surface area (Å²) >= 11 is 0. The zero-order chi connectivity index (χ0) is 20.1. The van der Waals surface area contributed by atoms with Crippen LogP contribution in [0.25, 0.3) is 0 Å². The number of sulfonamides is 1. The molecule has 1 aliphatic rings. The molecule has 2 aromatic rings. The Hall–Kier alpha value is -1.89. The van der Waals surface area contributed by atoms with Crippen molar-refractivity contribution in [2.45, 2.75) is 51.1 Å². The van der Waals surface area contributed by atoms with E-state index < -0.39 is 10.0 Å². The highest BCUT2D eigenvalue weighted by molar-refractivity contribution is 7.89. The van der Waals surface area contributed by atoms with Gasteiger partial charge in [-0.05, 0) is 74.2 Å². The largest absolute Gasteiger partial charge is 0.497 e. The smallest absolute Gasteiger partial charge is 0.241 e. The van der Waals surface area contributed by atoms with Crippen LogP contribution in [0, 0.1) is 13.8 Å². The first-order valence-electron chi connectivity index (χ1n) is 9.84. The van der Waals surface area contributed by atoms with Gasteiger partial charge in [0.2, 0.25) is 10.0 Å². The first-order chi connectivity index (χ1) is 13.4. The maximum absolute atomic E-state index is 12.8. The number of rotatable bonds is 7. The fourth-order valence-corrected chi connectivity index (χ4v) is 5.31. The molecule has 1 aliphatic heterocycles. The fraction of sp³-hybridized carbons (Fsp3) is 0.455. The summed E-state index contributed by atoms with van der Waals surface area (Å²) in [5.41, 5.74) is 3.59. The number of likely N-dealkylation sites (tertiary alicyclic amines) is 1. The molecule has 0 atom stereocenters. The number of hydrogen-bond acceptors (Lipinski definition) is 4. The summed E-state index contributed by atoms with van der Waals surface area (Å²) in [5.74, 6) is 0.665. The summed E-state index contributed by atoms with van der Waals surface area (Å²) < 4.78 is 33.6. The summed E-state index contributed by atoms with van der Waals surface area (Å²) in [6, 6.07) is 11.7. The minimum atomic E-state index is -3.59. The molecule has 0 bridgehead atoms. The van der Waals surface area contributed by atoms with Crippen LogP contribution in [0.3, 0.4) is 0 Å². The lowest BCUT2D eigenvalue weighted by molar-refractivity contribution is 0.221. The molecule has 28 heavy (non-hydrogen) atoms. The van der Waals surface area contributed by atoms with Crippen LogP contribution in [0.2, 0.25) is 0 Å². The number of nitrogens with zero attached hydrogens (tertiary/aromatic N) is 1. The lowest BCUT2D eigenvalue weighted by atomic mass is 10.1. The van der Waals surface area contributed by atoms with E-state index in [0.29, 0.717) is 21.8 Å². The van der Waals surface area contributed by atoms with Gasteiger partial charge in [-0.15, -0.1) is 0 Å². The average Bonchev–Trinajstić information content (AvgIpc) is 2.67. The van der Waals surface area contributed by atoms with Crippen molar-refractivity contribution in [3.63, 3.8) is 0 Å². The summed E-state index contributed by atoms with van der Waals surface area (Å²) in [7, 11) is -2.01. The van der Waals surface area contributed by atoms with E-state index in [1.54, 1.807) is 33.1 Å². The van der Waals surface area contributed by atoms with Gasteiger partial charge in [0.1, 0.15) is 5.75 Å². The Labute approximate surface area is 168 Å². The Kier molecular flexibility index (Phi) is 6.75. The third-order valence-electron chi connectivity index (χ3n) is 5.28. The third-order valence-corrected chi connectivity index (χ3v) is 6.99. The van der Waals surface area contributed by atoms with Crippen molar-refractivity contribution in [3.8, 4) is 5.75 Å². The van der Waals surface area contributed by atoms with Crippen LogP contribution in [0.1, 0.15) is 41.5 Å². The van der Waals surface area contributed by atoms with Gasteiger partial charge in [0.15, 0.2) is 0 Å². The number of hydrogen-bond donors (Lipinski definition) is 1. The van der Waals surface area contributed by atoms with Gasteiger partial charge in [0, 0.05) is 13.1 Å². The van der Waals surface area contributed by atoms with Crippen LogP contribution in [-0.2, 0) is 23.1 Å². The number of piperidine rings is 1. The van der Waals surface area contributed by atoms with E-state index in [4.69, 9.17) is 4.74 Å². The molecule has 1 fully saturated rings. The Balaban J connectivity index is 1.64. The fourth-order valence-electron chi connectivity index (χ4n) is 3.84. The molecule has 3 rings (SSSR count). The predicted molar refractivity (Wildman–Crippen MR) is 112 cm³/mol. The lowest BCUT2D eigenvalue weighted by Crippen LogP contribution is -2.29. The van der Waals surface area contributed by atoms with Crippen LogP contribution < -0.4 is 9.46 Å². The molecule has 0 unspecified atom stereocenters. The number of methoxy groups -OCH3 is 1. The van der Waals surface area contributed by atoms with E-state index in [2.05, 4.69) is 21.8 Å². The third kappa shape index (κ3) is 5.13. The van der Waals surface area contributed by atoms with Crippen LogP contribution >= 0.6 is 0 Å². The Bertz CT molecular complexity index is 879. The van der Waals surface area contributed by atoms with Gasteiger partial charge in [-0.1, -0.05) is 30.7 Å². The van der Waals surface area contributed by atoms with E-state index in [0.717, 1.165) is 12.1 Å². The van der Waals surface area contributed by atoms with E-state index in [-0.39, 0.29) is 6.54 Å². The molecule has 0 aliphatic carbocycles. The molecule has 0 amide bonds. The predicted octanol–water partition coefficient (Wildman–Crippen LogP) is 3.78. The molecule has 1 saturated heterocycles. The highest BCUT2D eigenvalue weighted by Crippen LogP contribution is 2.25. The average molecular weight is 403 g/mol. The number of ether oxygens (including phenoxy) is 1. The molecule has 152 valence electrons.